The molecule has 2 aromatic rings. The molecule has 0 bridgehead atoms. The van der Waals surface area contributed by atoms with Gasteiger partial charge in [-0.25, -0.2) is 0 Å². The zero-order valence-corrected chi connectivity index (χ0v) is 15.0. The van der Waals surface area contributed by atoms with Crippen molar-refractivity contribution in [1.29, 1.82) is 0 Å². The number of carboxylic acid groups (broad SMARTS) is 1. The van der Waals surface area contributed by atoms with Gasteiger partial charge in [0.25, 0.3) is 0 Å². The van der Waals surface area contributed by atoms with Gasteiger partial charge in [0.2, 0.25) is 5.91 Å². The number of aryl methyl sites for hydroxylation is 1. The number of amides is 1. The summed E-state index contributed by atoms with van der Waals surface area (Å²) in [6, 6.07) is 15.7. The van der Waals surface area contributed by atoms with Crippen LogP contribution in [-0.4, -0.2) is 34.2 Å². The fraction of sp³-hybridized carbons (Fsp3) is 0.300. The average Bonchev–Trinajstić information content (AvgIpc) is 2.60. The predicted molar refractivity (Wildman–Crippen MR) is 99.6 cm³/mol. The lowest BCUT2D eigenvalue weighted by atomic mass is 9.90. The van der Waals surface area contributed by atoms with E-state index in [-0.39, 0.29) is 12.5 Å². The lowest BCUT2D eigenvalue weighted by molar-refractivity contribution is -0.140. The Balaban J connectivity index is 1.62. The third kappa shape index (κ3) is 4.23. The Kier molecular flexibility index (Phi) is 5.43. The summed E-state index contributed by atoms with van der Waals surface area (Å²) in [5, 5.41) is 9.49. The number of hydrogen-bond acceptors (Lipinski definition) is 3. The van der Waals surface area contributed by atoms with Crippen LogP contribution in [0.2, 0.25) is 0 Å². The molecule has 0 radical (unpaired) electrons. The second-order valence-corrected chi connectivity index (χ2v) is 7.33. The Morgan fingerprint density at radius 3 is 2.76 bits per heavy atom. The Morgan fingerprint density at radius 2 is 2.00 bits per heavy atom. The van der Waals surface area contributed by atoms with Crippen LogP contribution in [0.4, 0.5) is 0 Å². The predicted octanol–water partition coefficient (Wildman–Crippen LogP) is 3.44. The summed E-state index contributed by atoms with van der Waals surface area (Å²) in [6.07, 6.45) is 0. The number of benzene rings is 2. The molecule has 1 N–H and O–H groups in total. The first-order valence-electron chi connectivity index (χ1n) is 8.26. The summed E-state index contributed by atoms with van der Waals surface area (Å²) in [6.45, 7) is 2.79. The molecule has 1 heterocycles. The quantitative estimate of drug-likeness (QED) is 0.893. The van der Waals surface area contributed by atoms with Gasteiger partial charge in [0.1, 0.15) is 0 Å². The van der Waals surface area contributed by atoms with Gasteiger partial charge in [-0.15, -0.1) is 11.8 Å². The first kappa shape index (κ1) is 17.5. The van der Waals surface area contributed by atoms with Gasteiger partial charge in [-0.05, 0) is 23.6 Å². The van der Waals surface area contributed by atoms with Gasteiger partial charge >= 0.3 is 5.97 Å². The largest absolute Gasteiger partial charge is 0.481 e. The highest BCUT2D eigenvalue weighted by Gasteiger charge is 2.32. The molecular weight excluding hydrogens is 334 g/mol. The van der Waals surface area contributed by atoms with Crippen molar-refractivity contribution in [3.63, 3.8) is 0 Å². The third-order valence-corrected chi connectivity index (χ3v) is 5.41. The van der Waals surface area contributed by atoms with E-state index in [9.17, 15) is 14.7 Å². The smallest absolute Gasteiger partial charge is 0.312 e. The molecule has 5 heteroatoms. The van der Waals surface area contributed by atoms with Gasteiger partial charge in [0.15, 0.2) is 0 Å². The van der Waals surface area contributed by atoms with Gasteiger partial charge in [-0.2, -0.15) is 0 Å². The molecule has 130 valence electrons. The number of aliphatic carboxylic acids is 1. The Bertz CT molecular complexity index is 790. The van der Waals surface area contributed by atoms with Crippen LogP contribution in [0.5, 0.6) is 0 Å². The molecule has 1 atom stereocenters. The Hall–Kier alpha value is -2.27. The number of hydrogen-bond donors (Lipinski definition) is 1. The van der Waals surface area contributed by atoms with E-state index < -0.39 is 11.9 Å². The van der Waals surface area contributed by atoms with Crippen molar-refractivity contribution >= 4 is 23.6 Å². The van der Waals surface area contributed by atoms with Gasteiger partial charge in [-0.1, -0.05) is 54.1 Å². The maximum atomic E-state index is 12.5. The van der Waals surface area contributed by atoms with Crippen LogP contribution in [0.25, 0.3) is 0 Å². The van der Waals surface area contributed by atoms with Crippen LogP contribution < -0.4 is 0 Å². The van der Waals surface area contributed by atoms with Gasteiger partial charge < -0.3 is 10.0 Å². The lowest BCUT2D eigenvalue weighted by Gasteiger charge is -2.32. The highest BCUT2D eigenvalue weighted by atomic mass is 32.2. The summed E-state index contributed by atoms with van der Waals surface area (Å²) >= 11 is 1.57. The van der Waals surface area contributed by atoms with E-state index in [0.717, 1.165) is 16.9 Å². The maximum absolute atomic E-state index is 12.5. The van der Waals surface area contributed by atoms with E-state index in [4.69, 9.17) is 0 Å². The van der Waals surface area contributed by atoms with E-state index in [1.165, 1.54) is 11.1 Å². The maximum Gasteiger partial charge on any atom is 0.312 e. The van der Waals surface area contributed by atoms with Crippen molar-refractivity contribution < 1.29 is 14.7 Å². The number of thioether (sulfide) groups is 1. The number of carbonyl (C=O) groups excluding carboxylic acids is 1. The SMILES string of the molecule is Cc1cccc(CSCC(=O)N2Cc3ccccc3C(C(=O)O)C2)c1. The second-order valence-electron chi connectivity index (χ2n) is 6.35. The lowest BCUT2D eigenvalue weighted by Crippen LogP contribution is -2.41. The molecule has 0 fully saturated rings. The topological polar surface area (TPSA) is 57.6 Å². The number of carbonyl (C=O) groups is 2. The highest BCUT2D eigenvalue weighted by Crippen LogP contribution is 2.29. The van der Waals surface area contributed by atoms with E-state index in [1.807, 2.05) is 30.3 Å². The molecule has 0 aliphatic carbocycles. The van der Waals surface area contributed by atoms with Crippen LogP contribution in [0.1, 0.15) is 28.2 Å². The number of carboxylic acids is 1. The molecule has 1 aliphatic heterocycles. The highest BCUT2D eigenvalue weighted by molar-refractivity contribution is 7.99. The molecule has 25 heavy (non-hydrogen) atoms. The summed E-state index contributed by atoms with van der Waals surface area (Å²) in [5.74, 6) is -0.380. The van der Waals surface area contributed by atoms with Gasteiger partial charge in [0.05, 0.1) is 11.7 Å². The molecule has 0 saturated carbocycles. The number of rotatable bonds is 5. The minimum Gasteiger partial charge on any atom is -0.481 e. The molecule has 4 nitrogen and oxygen atoms in total. The summed E-state index contributed by atoms with van der Waals surface area (Å²) in [4.78, 5) is 25.8. The number of fused-ring (bicyclic) bond motifs is 1. The molecular formula is C20H21NO3S. The van der Waals surface area contributed by atoms with Crippen LogP contribution in [0, 0.1) is 6.92 Å². The van der Waals surface area contributed by atoms with Crippen molar-refractivity contribution in [2.24, 2.45) is 0 Å². The Labute approximate surface area is 151 Å². The molecule has 1 unspecified atom stereocenters. The summed E-state index contributed by atoms with van der Waals surface area (Å²) in [7, 11) is 0. The van der Waals surface area contributed by atoms with Crippen LogP contribution in [0.3, 0.4) is 0 Å². The van der Waals surface area contributed by atoms with Crippen LogP contribution in [-0.2, 0) is 21.9 Å². The van der Waals surface area contributed by atoms with E-state index in [1.54, 1.807) is 16.7 Å². The normalized spacial score (nSPS) is 16.4. The van der Waals surface area contributed by atoms with Crippen molar-refractivity contribution in [2.75, 3.05) is 12.3 Å². The molecule has 0 saturated heterocycles. The standard InChI is InChI=1S/C20H21NO3S/c1-14-5-4-6-15(9-14)12-25-13-19(22)21-10-16-7-2-3-8-17(16)18(11-21)20(23)24/h2-9,18H,10-13H2,1H3,(H,23,24). The first-order chi connectivity index (χ1) is 12.0. The van der Waals surface area contributed by atoms with Crippen molar-refractivity contribution in [1.82, 2.24) is 4.90 Å². The van der Waals surface area contributed by atoms with E-state index in [0.29, 0.717) is 12.3 Å². The molecule has 2 aromatic carbocycles. The first-order valence-corrected chi connectivity index (χ1v) is 9.41. The van der Waals surface area contributed by atoms with Crippen molar-refractivity contribution in [3.8, 4) is 0 Å². The third-order valence-electron chi connectivity index (χ3n) is 4.42. The summed E-state index contributed by atoms with van der Waals surface area (Å²) in [5.41, 5.74) is 4.16. The summed E-state index contributed by atoms with van der Waals surface area (Å²) < 4.78 is 0. The zero-order chi connectivity index (χ0) is 17.8. The monoisotopic (exact) mass is 355 g/mol. The minimum atomic E-state index is -0.877. The van der Waals surface area contributed by atoms with Crippen molar-refractivity contribution in [2.45, 2.75) is 25.1 Å². The molecule has 3 rings (SSSR count). The van der Waals surface area contributed by atoms with E-state index >= 15 is 0 Å². The molecule has 0 aromatic heterocycles. The van der Waals surface area contributed by atoms with Gasteiger partial charge in [-0.3, -0.25) is 9.59 Å². The fourth-order valence-corrected chi connectivity index (χ4v) is 4.03. The molecule has 1 aliphatic rings. The fourth-order valence-electron chi connectivity index (χ4n) is 3.16. The van der Waals surface area contributed by atoms with Crippen molar-refractivity contribution in [3.05, 3.63) is 70.8 Å². The van der Waals surface area contributed by atoms with Crippen LogP contribution in [0.15, 0.2) is 48.5 Å². The van der Waals surface area contributed by atoms with Gasteiger partial charge in [0, 0.05) is 18.8 Å². The van der Waals surface area contributed by atoms with Crippen LogP contribution >= 0.6 is 11.8 Å². The zero-order valence-electron chi connectivity index (χ0n) is 14.1. The number of nitrogens with zero attached hydrogens (tertiary/aromatic N) is 1. The minimum absolute atomic E-state index is 0.00148. The van der Waals surface area contributed by atoms with E-state index in [2.05, 4.69) is 25.1 Å². The average molecular weight is 355 g/mol. The Morgan fingerprint density at radius 1 is 1.20 bits per heavy atom. The molecule has 1 amide bonds. The second kappa shape index (κ2) is 7.74. The molecule has 0 spiro atoms.